The van der Waals surface area contributed by atoms with Crippen molar-refractivity contribution in [1.82, 2.24) is 5.01 Å². The Hall–Kier alpha value is -2.56. The van der Waals surface area contributed by atoms with Crippen molar-refractivity contribution >= 4 is 61.5 Å². The fraction of sp³-hybridized carbons (Fsp3) is 0.125. The zero-order valence-corrected chi connectivity index (χ0v) is 21.3. The first-order valence-corrected chi connectivity index (χ1v) is 13.0. The lowest BCUT2D eigenvalue weighted by Gasteiger charge is -2.18. The summed E-state index contributed by atoms with van der Waals surface area (Å²) in [6, 6.07) is 23.7. The number of nitrogens with zero attached hydrogens (tertiary/aromatic N) is 3. The highest BCUT2D eigenvalue weighted by Crippen LogP contribution is 2.30. The molecule has 3 aromatic rings. The molecule has 0 aliphatic carbocycles. The van der Waals surface area contributed by atoms with Crippen molar-refractivity contribution < 1.29 is 8.42 Å². The summed E-state index contributed by atoms with van der Waals surface area (Å²) in [5.74, 6) is -0.128. The van der Waals surface area contributed by atoms with Gasteiger partial charge < -0.3 is 5.41 Å². The predicted molar refractivity (Wildman–Crippen MR) is 141 cm³/mol. The van der Waals surface area contributed by atoms with Crippen LogP contribution < -0.4 is 0 Å². The highest BCUT2D eigenvalue weighted by atomic mass is 127. The predicted octanol–water partition coefficient (Wildman–Crippen LogP) is 5.58. The Bertz CT molecular complexity index is 1340. The van der Waals surface area contributed by atoms with E-state index in [1.807, 2.05) is 42.5 Å². The number of hydrogen-bond donors (Lipinski definition) is 1. The summed E-state index contributed by atoms with van der Waals surface area (Å²) >= 11 is 8.18. The van der Waals surface area contributed by atoms with Crippen LogP contribution in [0.15, 0.2) is 93.3 Å². The number of halogens is 2. The molecule has 0 aromatic heterocycles. The molecule has 9 heteroatoms. The Morgan fingerprint density at radius 3 is 2.30 bits per heavy atom. The van der Waals surface area contributed by atoms with Crippen LogP contribution in [0.3, 0.4) is 0 Å². The van der Waals surface area contributed by atoms with Gasteiger partial charge in [-0.1, -0.05) is 54.1 Å². The van der Waals surface area contributed by atoms with Gasteiger partial charge in [0.1, 0.15) is 0 Å². The van der Waals surface area contributed by atoms with E-state index in [4.69, 9.17) is 22.1 Å². The van der Waals surface area contributed by atoms with Gasteiger partial charge in [-0.05, 0) is 77.0 Å². The monoisotopic (exact) mass is 590 g/mol. The molecule has 3 aromatic carbocycles. The number of benzene rings is 3. The van der Waals surface area contributed by atoms with Crippen LogP contribution in [0.2, 0.25) is 5.02 Å². The molecule has 1 aliphatic heterocycles. The van der Waals surface area contributed by atoms with Crippen molar-refractivity contribution in [1.29, 1.82) is 5.41 Å². The third-order valence-electron chi connectivity index (χ3n) is 5.15. The van der Waals surface area contributed by atoms with Crippen molar-refractivity contribution in [2.75, 3.05) is 6.54 Å². The minimum absolute atomic E-state index is 0.00144. The average molecular weight is 591 g/mol. The fourth-order valence-corrected chi connectivity index (χ4v) is 5.07. The molecule has 0 fully saturated rings. The highest BCUT2D eigenvalue weighted by molar-refractivity contribution is 14.1. The molecule has 0 saturated heterocycles. The van der Waals surface area contributed by atoms with E-state index in [9.17, 15) is 8.42 Å². The largest absolute Gasteiger partial charge is 0.302 e. The molecular weight excluding hydrogens is 571 g/mol. The summed E-state index contributed by atoms with van der Waals surface area (Å²) < 4.78 is 30.9. The second-order valence-electron chi connectivity index (χ2n) is 7.51. The summed E-state index contributed by atoms with van der Waals surface area (Å²) in [5, 5.41) is 15.1. The van der Waals surface area contributed by atoms with Gasteiger partial charge in [0.15, 0.2) is 5.84 Å². The molecule has 0 amide bonds. The first-order chi connectivity index (χ1) is 15.7. The number of amidine groups is 1. The summed E-state index contributed by atoms with van der Waals surface area (Å²) in [4.78, 5) is 0.0716. The van der Waals surface area contributed by atoms with Crippen molar-refractivity contribution in [2.45, 2.75) is 17.7 Å². The van der Waals surface area contributed by atoms with Gasteiger partial charge in [0, 0.05) is 14.5 Å². The minimum Gasteiger partial charge on any atom is -0.302 e. The lowest BCUT2D eigenvalue weighted by atomic mass is 9.90. The molecule has 0 saturated carbocycles. The summed E-state index contributed by atoms with van der Waals surface area (Å²) in [5.41, 5.74) is 2.69. The smallest absolute Gasteiger partial charge is 0.284 e. The quantitative estimate of drug-likeness (QED) is 0.239. The van der Waals surface area contributed by atoms with Crippen LogP contribution in [0.1, 0.15) is 24.0 Å². The Morgan fingerprint density at radius 1 is 1.06 bits per heavy atom. The van der Waals surface area contributed by atoms with Gasteiger partial charge in [-0.2, -0.15) is 13.5 Å². The maximum atomic E-state index is 13.0. The van der Waals surface area contributed by atoms with Crippen LogP contribution in [0, 0.1) is 8.98 Å². The summed E-state index contributed by atoms with van der Waals surface area (Å²) in [6.07, 6.45) is 0. The van der Waals surface area contributed by atoms with E-state index in [0.717, 1.165) is 20.4 Å². The maximum Gasteiger partial charge on any atom is 0.284 e. The van der Waals surface area contributed by atoms with Crippen molar-refractivity contribution in [3.05, 3.63) is 98.6 Å². The third-order valence-corrected chi connectivity index (χ3v) is 7.41. The van der Waals surface area contributed by atoms with Crippen LogP contribution in [0.5, 0.6) is 0 Å². The van der Waals surface area contributed by atoms with Crippen LogP contribution in [-0.2, 0) is 10.0 Å². The topological polar surface area (TPSA) is 85.9 Å². The van der Waals surface area contributed by atoms with Crippen molar-refractivity contribution in [3.8, 4) is 0 Å². The maximum absolute atomic E-state index is 13.0. The van der Waals surface area contributed by atoms with Gasteiger partial charge >= 0.3 is 0 Å². The molecule has 1 N–H and O–H groups in total. The first kappa shape index (κ1) is 23.6. The molecule has 1 heterocycles. The molecule has 0 spiro atoms. The van der Waals surface area contributed by atoms with E-state index < -0.39 is 10.0 Å². The molecule has 1 aliphatic rings. The Kier molecular flexibility index (Phi) is 6.96. The molecule has 0 radical (unpaired) electrons. The normalized spacial score (nSPS) is 16.6. The molecular formula is C24H20ClIN4O2S. The van der Waals surface area contributed by atoms with Gasteiger partial charge in [-0.3, -0.25) is 0 Å². The van der Waals surface area contributed by atoms with E-state index >= 15 is 0 Å². The molecule has 1 atom stereocenters. The van der Waals surface area contributed by atoms with E-state index in [-0.39, 0.29) is 22.4 Å². The zero-order valence-electron chi connectivity index (χ0n) is 17.6. The van der Waals surface area contributed by atoms with Gasteiger partial charge in [-0.25, -0.2) is 5.01 Å². The lowest BCUT2D eigenvalue weighted by Crippen LogP contribution is -2.31. The van der Waals surface area contributed by atoms with E-state index in [2.05, 4.69) is 27.0 Å². The molecule has 33 heavy (non-hydrogen) atoms. The molecule has 4 rings (SSSR count). The van der Waals surface area contributed by atoms with Crippen LogP contribution in [0.25, 0.3) is 0 Å². The van der Waals surface area contributed by atoms with Crippen molar-refractivity contribution in [2.24, 2.45) is 9.50 Å². The SMILES string of the molecule is CC(=N)/C(=N\S(=O)(=O)c1ccc(I)cc1)N1CC(c2ccccc2)C(c2ccc(Cl)cc2)=N1. The number of rotatable bonds is 5. The molecule has 168 valence electrons. The third kappa shape index (κ3) is 5.34. The lowest BCUT2D eigenvalue weighted by molar-refractivity contribution is 0.480. The fourth-order valence-electron chi connectivity index (χ4n) is 3.54. The molecule has 1 unspecified atom stereocenters. The van der Waals surface area contributed by atoms with Gasteiger partial charge in [-0.15, -0.1) is 4.40 Å². The first-order valence-electron chi connectivity index (χ1n) is 10.1. The zero-order chi connectivity index (χ0) is 23.6. The number of hydrogen-bond acceptors (Lipinski definition) is 4. The minimum atomic E-state index is -4.01. The van der Waals surface area contributed by atoms with Gasteiger partial charge in [0.25, 0.3) is 10.0 Å². The second-order valence-corrected chi connectivity index (χ2v) is 10.8. The van der Waals surface area contributed by atoms with Gasteiger partial charge in [0.05, 0.1) is 22.9 Å². The highest BCUT2D eigenvalue weighted by Gasteiger charge is 2.33. The van der Waals surface area contributed by atoms with E-state index in [0.29, 0.717) is 11.6 Å². The number of hydrazone groups is 1. The molecule has 6 nitrogen and oxygen atoms in total. The van der Waals surface area contributed by atoms with E-state index in [1.165, 1.54) is 24.1 Å². The second kappa shape index (κ2) is 9.74. The van der Waals surface area contributed by atoms with Crippen LogP contribution >= 0.6 is 34.2 Å². The van der Waals surface area contributed by atoms with Crippen LogP contribution in [-0.4, -0.2) is 37.2 Å². The number of nitrogens with one attached hydrogen (secondary N) is 1. The Balaban J connectivity index is 1.78. The Morgan fingerprint density at radius 2 is 1.70 bits per heavy atom. The summed E-state index contributed by atoms with van der Waals surface area (Å²) in [7, 11) is -4.01. The van der Waals surface area contributed by atoms with Crippen molar-refractivity contribution in [3.63, 3.8) is 0 Å². The average Bonchev–Trinajstić information content (AvgIpc) is 3.24. The molecule has 0 bridgehead atoms. The standard InChI is InChI=1S/C24H20ClIN4O2S/c1-16(27)24(29-33(31,32)21-13-11-20(26)12-14-21)30-15-22(17-5-3-2-4-6-17)23(28-30)18-7-9-19(25)10-8-18/h2-14,22,27H,15H2,1H3/b27-16?,29-24+. The van der Waals surface area contributed by atoms with Crippen LogP contribution in [0.4, 0.5) is 0 Å². The van der Waals surface area contributed by atoms with Gasteiger partial charge in [0.2, 0.25) is 0 Å². The Labute approximate surface area is 211 Å². The van der Waals surface area contributed by atoms with E-state index in [1.54, 1.807) is 24.3 Å². The summed E-state index contributed by atoms with van der Waals surface area (Å²) in [6.45, 7) is 1.87. The number of sulfonamides is 1.